The predicted octanol–water partition coefficient (Wildman–Crippen LogP) is 6.59. The molecule has 0 bridgehead atoms. The Hall–Kier alpha value is -2.88. The Labute approximate surface area is 208 Å². The van der Waals surface area contributed by atoms with Crippen molar-refractivity contribution in [2.24, 2.45) is 0 Å². The fourth-order valence-corrected chi connectivity index (χ4v) is 9.08. The first-order valence-electron chi connectivity index (χ1n) is 11.9. The highest BCUT2D eigenvalue weighted by Crippen LogP contribution is 2.55. The largest absolute Gasteiger partial charge is 0.247 e. The molecule has 2 heterocycles. The molecule has 0 radical (unpaired) electrons. The van der Waals surface area contributed by atoms with Crippen LogP contribution in [0.15, 0.2) is 111 Å². The number of hydrogen-bond donors (Lipinski definition) is 0. The second-order valence-corrected chi connectivity index (χ2v) is 12.2. The van der Waals surface area contributed by atoms with Crippen LogP contribution in [-0.4, -0.2) is 6.71 Å². The van der Waals surface area contributed by atoms with Gasteiger partial charge in [0.15, 0.2) is 0 Å². The van der Waals surface area contributed by atoms with E-state index in [-0.39, 0.29) is 5.41 Å². The van der Waals surface area contributed by atoms with Crippen molar-refractivity contribution < 1.29 is 0 Å². The Morgan fingerprint density at radius 3 is 2.32 bits per heavy atom. The first kappa shape index (κ1) is 19.4. The Balaban J connectivity index is 1.47. The van der Waals surface area contributed by atoms with Gasteiger partial charge in [0.05, 0.1) is 0 Å². The van der Waals surface area contributed by atoms with E-state index in [2.05, 4.69) is 105 Å². The maximum Gasteiger partial charge on any atom is 0.247 e. The van der Waals surface area contributed by atoms with Crippen molar-refractivity contribution in [3.05, 3.63) is 102 Å². The number of benzene rings is 5. The van der Waals surface area contributed by atoms with Gasteiger partial charge in [-0.05, 0) is 56.7 Å². The maximum absolute atomic E-state index is 2.44. The Kier molecular flexibility index (Phi) is 3.78. The normalized spacial score (nSPS) is 15.9. The molecule has 5 aromatic carbocycles. The van der Waals surface area contributed by atoms with Gasteiger partial charge in [0.25, 0.3) is 0 Å². The highest BCUT2D eigenvalue weighted by atomic mass is 32.2. The smallest absolute Gasteiger partial charge is 0.0911 e. The number of fused-ring (bicyclic) bond motifs is 10. The van der Waals surface area contributed by atoms with Gasteiger partial charge in [-0.15, -0.1) is 0 Å². The van der Waals surface area contributed by atoms with E-state index in [1.807, 2.05) is 23.5 Å². The minimum Gasteiger partial charge on any atom is -0.0911 e. The average molecular weight is 468 g/mol. The van der Waals surface area contributed by atoms with Crippen LogP contribution < -0.4 is 16.4 Å². The molecule has 0 saturated carbocycles. The zero-order chi connectivity index (χ0) is 22.6. The molecule has 3 heteroatoms. The molecule has 1 aliphatic carbocycles. The molecule has 5 aromatic rings. The summed E-state index contributed by atoms with van der Waals surface area (Å²) in [5.74, 6) is 0. The summed E-state index contributed by atoms with van der Waals surface area (Å²) in [5.41, 5.74) is 10.2. The summed E-state index contributed by atoms with van der Waals surface area (Å²) >= 11 is 3.91. The van der Waals surface area contributed by atoms with Crippen LogP contribution in [-0.2, 0) is 5.41 Å². The van der Waals surface area contributed by atoms with Gasteiger partial charge < -0.3 is 0 Å². The van der Waals surface area contributed by atoms with Gasteiger partial charge in [0.1, 0.15) is 0 Å². The summed E-state index contributed by atoms with van der Waals surface area (Å²) in [6.45, 7) is 5.11. The lowest BCUT2D eigenvalue weighted by Crippen LogP contribution is -2.58. The molecular weight excluding hydrogens is 447 g/mol. The van der Waals surface area contributed by atoms with Crippen molar-refractivity contribution in [3.8, 4) is 11.1 Å². The standard InChI is InChI=1S/C31H21BS2/c1-31(2)21-16-17-23-30(27(21)20-15-14-18-8-3-4-9-19(18)28(20)31)34-26-13-7-12-25-29(26)32(23)22-10-5-6-11-24(22)33-25/h3-17H,1-2H3. The van der Waals surface area contributed by atoms with Crippen LogP contribution in [0.5, 0.6) is 0 Å². The van der Waals surface area contributed by atoms with E-state index in [1.165, 1.54) is 69.0 Å². The first-order valence-corrected chi connectivity index (χ1v) is 13.5. The van der Waals surface area contributed by atoms with E-state index < -0.39 is 0 Å². The van der Waals surface area contributed by atoms with Crippen LogP contribution in [0.4, 0.5) is 0 Å². The third-order valence-corrected chi connectivity index (χ3v) is 10.4. The number of rotatable bonds is 0. The summed E-state index contributed by atoms with van der Waals surface area (Å²) in [6, 6.07) is 34.3. The van der Waals surface area contributed by atoms with Gasteiger partial charge in [-0.2, -0.15) is 0 Å². The second-order valence-electron chi connectivity index (χ2n) is 10.1. The fraction of sp³-hybridized carbons (Fsp3) is 0.0968. The SMILES string of the molecule is CC1(C)c2ccc3c(c2-c2ccc4ccccc4c21)Sc1cccc2c1B3c1ccccc1S2. The lowest BCUT2D eigenvalue weighted by atomic mass is 9.36. The van der Waals surface area contributed by atoms with Gasteiger partial charge in [0.2, 0.25) is 6.71 Å². The van der Waals surface area contributed by atoms with Gasteiger partial charge in [0, 0.05) is 25.0 Å². The third kappa shape index (κ3) is 2.34. The van der Waals surface area contributed by atoms with Crippen molar-refractivity contribution in [1.29, 1.82) is 0 Å². The van der Waals surface area contributed by atoms with Crippen LogP contribution >= 0.6 is 23.5 Å². The van der Waals surface area contributed by atoms with Crippen LogP contribution in [0.1, 0.15) is 25.0 Å². The highest BCUT2D eigenvalue weighted by molar-refractivity contribution is 8.01. The van der Waals surface area contributed by atoms with Gasteiger partial charge in [-0.3, -0.25) is 0 Å². The van der Waals surface area contributed by atoms with E-state index in [1.54, 1.807) is 0 Å². The molecule has 8 rings (SSSR count). The number of hydrogen-bond acceptors (Lipinski definition) is 2. The molecule has 3 aliphatic rings. The maximum atomic E-state index is 2.44. The van der Waals surface area contributed by atoms with Crippen LogP contribution in [0.3, 0.4) is 0 Å². The molecule has 0 nitrogen and oxygen atoms in total. The first-order chi connectivity index (χ1) is 16.6. The lowest BCUT2D eigenvalue weighted by Gasteiger charge is -2.34. The van der Waals surface area contributed by atoms with E-state index in [0.717, 1.165) is 0 Å². The van der Waals surface area contributed by atoms with Crippen molar-refractivity contribution in [1.82, 2.24) is 0 Å². The van der Waals surface area contributed by atoms with E-state index in [4.69, 9.17) is 0 Å². The average Bonchev–Trinajstić information content (AvgIpc) is 3.11. The van der Waals surface area contributed by atoms with Crippen molar-refractivity contribution in [2.45, 2.75) is 38.8 Å². The van der Waals surface area contributed by atoms with E-state index >= 15 is 0 Å². The molecule has 0 aromatic heterocycles. The summed E-state index contributed by atoms with van der Waals surface area (Å²) in [4.78, 5) is 5.67. The van der Waals surface area contributed by atoms with Gasteiger partial charge >= 0.3 is 0 Å². The van der Waals surface area contributed by atoms with Crippen LogP contribution in [0.2, 0.25) is 0 Å². The molecule has 160 valence electrons. The zero-order valence-corrected chi connectivity index (χ0v) is 20.7. The monoisotopic (exact) mass is 468 g/mol. The zero-order valence-electron chi connectivity index (χ0n) is 19.1. The van der Waals surface area contributed by atoms with E-state index in [9.17, 15) is 0 Å². The predicted molar refractivity (Wildman–Crippen MR) is 147 cm³/mol. The summed E-state index contributed by atoms with van der Waals surface area (Å²) < 4.78 is 0. The summed E-state index contributed by atoms with van der Waals surface area (Å²) in [5, 5.41) is 2.72. The lowest BCUT2D eigenvalue weighted by molar-refractivity contribution is 0.665. The molecule has 0 spiro atoms. The van der Waals surface area contributed by atoms with Gasteiger partial charge in [-0.1, -0.05) is 121 Å². The Morgan fingerprint density at radius 1 is 0.647 bits per heavy atom. The molecular formula is C31H21BS2. The molecule has 34 heavy (non-hydrogen) atoms. The Morgan fingerprint density at radius 2 is 1.41 bits per heavy atom. The van der Waals surface area contributed by atoms with Crippen molar-refractivity contribution in [2.75, 3.05) is 0 Å². The molecule has 0 unspecified atom stereocenters. The van der Waals surface area contributed by atoms with Crippen LogP contribution in [0, 0.1) is 0 Å². The molecule has 0 amide bonds. The summed E-state index contributed by atoms with van der Waals surface area (Å²) in [7, 11) is 0. The molecule has 0 fully saturated rings. The Bertz CT molecular complexity index is 1700. The molecule has 0 saturated heterocycles. The molecule has 2 aliphatic heterocycles. The molecule has 0 atom stereocenters. The quantitative estimate of drug-likeness (QED) is 0.230. The summed E-state index contributed by atoms with van der Waals surface area (Å²) in [6.07, 6.45) is 0. The van der Waals surface area contributed by atoms with Gasteiger partial charge in [-0.25, -0.2) is 0 Å². The van der Waals surface area contributed by atoms with Crippen LogP contribution in [0.25, 0.3) is 21.9 Å². The fourth-order valence-electron chi connectivity index (χ4n) is 6.52. The minimum absolute atomic E-state index is 0.0242. The topological polar surface area (TPSA) is 0 Å². The highest BCUT2D eigenvalue weighted by Gasteiger charge is 2.43. The second kappa shape index (κ2) is 6.62. The molecule has 0 N–H and O–H groups in total. The van der Waals surface area contributed by atoms with Crippen molar-refractivity contribution >= 4 is 57.4 Å². The third-order valence-electron chi connectivity index (χ3n) is 7.97. The van der Waals surface area contributed by atoms with E-state index in [0.29, 0.717) is 6.71 Å². The minimum atomic E-state index is -0.0242. The van der Waals surface area contributed by atoms with Crippen molar-refractivity contribution in [3.63, 3.8) is 0 Å².